The smallest absolute Gasteiger partial charge is 0.465 e. The lowest BCUT2D eigenvalue weighted by molar-refractivity contribution is 0.00578. The van der Waals surface area contributed by atoms with Crippen LogP contribution in [-0.2, 0) is 9.31 Å². The standard InChI is InChI=1S/C12H20BNO4/c1-10(2)11(3,4)18-13(17-10)12-5-8(12)6-14(7-12)9(15)16/h8H,5-7H2,1-4H3,(H,15,16). The fourth-order valence-electron chi connectivity index (χ4n) is 3.11. The first kappa shape index (κ1) is 12.3. The molecule has 5 nitrogen and oxygen atoms in total. The SMILES string of the molecule is CC1(C)OB(C23CC2CN(C(=O)O)C3)OC1(C)C. The third kappa shape index (κ3) is 1.45. The van der Waals surface area contributed by atoms with E-state index in [1.165, 1.54) is 4.90 Å². The Morgan fingerprint density at radius 1 is 1.28 bits per heavy atom. The van der Waals surface area contributed by atoms with Gasteiger partial charge in [-0.3, -0.25) is 0 Å². The van der Waals surface area contributed by atoms with Crippen LogP contribution in [0.5, 0.6) is 0 Å². The molecule has 3 rings (SSSR count). The maximum atomic E-state index is 11.0. The molecule has 2 saturated heterocycles. The summed E-state index contributed by atoms with van der Waals surface area (Å²) in [5.74, 6) is 0.406. The van der Waals surface area contributed by atoms with Crippen LogP contribution in [0.2, 0.25) is 5.31 Å². The Morgan fingerprint density at radius 2 is 1.83 bits per heavy atom. The number of hydrogen-bond donors (Lipinski definition) is 1. The van der Waals surface area contributed by atoms with E-state index in [9.17, 15) is 4.79 Å². The maximum absolute atomic E-state index is 11.0. The largest absolute Gasteiger partial charge is 0.466 e. The van der Waals surface area contributed by atoms with E-state index in [-0.39, 0.29) is 23.6 Å². The Morgan fingerprint density at radius 3 is 2.28 bits per heavy atom. The number of likely N-dealkylation sites (tertiary alicyclic amines) is 1. The van der Waals surface area contributed by atoms with Gasteiger partial charge in [0.15, 0.2) is 0 Å². The van der Waals surface area contributed by atoms with Crippen LogP contribution in [0.25, 0.3) is 0 Å². The highest BCUT2D eigenvalue weighted by atomic mass is 16.7. The molecular formula is C12H20BNO4. The first-order valence-electron chi connectivity index (χ1n) is 6.51. The lowest BCUT2D eigenvalue weighted by Gasteiger charge is -2.32. The highest BCUT2D eigenvalue weighted by Crippen LogP contribution is 2.68. The molecule has 0 aromatic heterocycles. The molecule has 0 bridgehead atoms. The van der Waals surface area contributed by atoms with Gasteiger partial charge in [-0.15, -0.1) is 0 Å². The molecule has 1 amide bonds. The summed E-state index contributed by atoms with van der Waals surface area (Å²) in [5.41, 5.74) is -0.674. The van der Waals surface area contributed by atoms with Crippen LogP contribution in [0.4, 0.5) is 4.79 Å². The molecule has 1 aliphatic carbocycles. The van der Waals surface area contributed by atoms with Gasteiger partial charge in [-0.05, 0) is 40.0 Å². The first-order valence-corrected chi connectivity index (χ1v) is 6.51. The highest BCUT2D eigenvalue weighted by Gasteiger charge is 2.73. The quantitative estimate of drug-likeness (QED) is 0.724. The average Bonchev–Trinajstić information content (AvgIpc) is 2.70. The summed E-state index contributed by atoms with van der Waals surface area (Å²) >= 11 is 0. The Kier molecular flexibility index (Phi) is 2.20. The van der Waals surface area contributed by atoms with Gasteiger partial charge in [0.1, 0.15) is 0 Å². The third-order valence-corrected chi connectivity index (χ3v) is 5.20. The molecule has 1 N–H and O–H groups in total. The van der Waals surface area contributed by atoms with E-state index in [1.54, 1.807) is 0 Å². The molecule has 2 atom stereocenters. The van der Waals surface area contributed by atoms with Gasteiger partial charge in [0.25, 0.3) is 0 Å². The van der Waals surface area contributed by atoms with Crippen molar-refractivity contribution in [3.8, 4) is 0 Å². The molecule has 3 aliphatic rings. The van der Waals surface area contributed by atoms with Gasteiger partial charge in [-0.25, -0.2) is 4.79 Å². The van der Waals surface area contributed by atoms with Crippen molar-refractivity contribution in [3.05, 3.63) is 0 Å². The van der Waals surface area contributed by atoms with Crippen LogP contribution in [0.1, 0.15) is 34.1 Å². The van der Waals surface area contributed by atoms with E-state index >= 15 is 0 Å². The molecule has 6 heteroatoms. The Balaban J connectivity index is 1.77. The minimum Gasteiger partial charge on any atom is -0.465 e. The molecular weight excluding hydrogens is 233 g/mol. The second-order valence-corrected chi connectivity index (χ2v) is 6.89. The van der Waals surface area contributed by atoms with E-state index in [2.05, 4.69) is 0 Å². The predicted molar refractivity (Wildman–Crippen MR) is 66.5 cm³/mol. The molecule has 18 heavy (non-hydrogen) atoms. The van der Waals surface area contributed by atoms with Gasteiger partial charge in [0.2, 0.25) is 0 Å². The van der Waals surface area contributed by atoms with Crippen LogP contribution in [-0.4, -0.2) is 47.5 Å². The molecule has 0 aromatic rings. The van der Waals surface area contributed by atoms with Crippen LogP contribution >= 0.6 is 0 Å². The summed E-state index contributed by atoms with van der Waals surface area (Å²) in [5, 5.41) is 8.96. The minimum atomic E-state index is -0.835. The molecule has 2 heterocycles. The van der Waals surface area contributed by atoms with E-state index < -0.39 is 6.09 Å². The topological polar surface area (TPSA) is 59.0 Å². The number of piperidine rings is 1. The molecule has 1 saturated carbocycles. The van der Waals surface area contributed by atoms with Crippen molar-refractivity contribution >= 4 is 13.2 Å². The van der Waals surface area contributed by atoms with Gasteiger partial charge in [-0.2, -0.15) is 0 Å². The molecule has 100 valence electrons. The summed E-state index contributed by atoms with van der Waals surface area (Å²) < 4.78 is 12.2. The van der Waals surface area contributed by atoms with E-state index in [1.807, 2.05) is 27.7 Å². The first-order chi connectivity index (χ1) is 8.18. The highest BCUT2D eigenvalue weighted by molar-refractivity contribution is 6.51. The number of amides is 1. The molecule has 0 aromatic carbocycles. The maximum Gasteiger partial charge on any atom is 0.466 e. The van der Waals surface area contributed by atoms with Crippen molar-refractivity contribution in [2.45, 2.75) is 50.6 Å². The van der Waals surface area contributed by atoms with Gasteiger partial charge < -0.3 is 19.3 Å². The Hall–Kier alpha value is -0.745. The molecule has 0 spiro atoms. The molecule has 2 unspecified atom stereocenters. The van der Waals surface area contributed by atoms with Crippen molar-refractivity contribution in [3.63, 3.8) is 0 Å². The minimum absolute atomic E-state index is 0.0938. The summed E-state index contributed by atoms with van der Waals surface area (Å²) in [6.45, 7) is 9.30. The van der Waals surface area contributed by atoms with Crippen molar-refractivity contribution in [2.75, 3.05) is 13.1 Å². The summed E-state index contributed by atoms with van der Waals surface area (Å²) in [6, 6.07) is 0. The number of nitrogens with zero attached hydrogens (tertiary/aromatic N) is 1. The van der Waals surface area contributed by atoms with E-state index in [0.29, 0.717) is 19.0 Å². The molecule has 2 aliphatic heterocycles. The van der Waals surface area contributed by atoms with Crippen LogP contribution < -0.4 is 0 Å². The second-order valence-electron chi connectivity index (χ2n) is 6.89. The summed E-state index contributed by atoms with van der Waals surface area (Å²) in [7, 11) is -0.267. The van der Waals surface area contributed by atoms with Crippen LogP contribution in [0.3, 0.4) is 0 Å². The number of fused-ring (bicyclic) bond motifs is 1. The fourth-order valence-corrected chi connectivity index (χ4v) is 3.11. The Labute approximate surface area is 108 Å². The van der Waals surface area contributed by atoms with Crippen LogP contribution in [0, 0.1) is 5.92 Å². The zero-order valence-electron chi connectivity index (χ0n) is 11.4. The van der Waals surface area contributed by atoms with Gasteiger partial charge in [0, 0.05) is 18.4 Å². The van der Waals surface area contributed by atoms with Crippen molar-refractivity contribution in [2.24, 2.45) is 5.92 Å². The third-order valence-electron chi connectivity index (χ3n) is 5.20. The molecule has 3 fully saturated rings. The fraction of sp³-hybridized carbons (Fsp3) is 0.917. The zero-order valence-corrected chi connectivity index (χ0v) is 11.4. The second kappa shape index (κ2) is 3.22. The van der Waals surface area contributed by atoms with Gasteiger partial charge in [0.05, 0.1) is 11.2 Å². The van der Waals surface area contributed by atoms with Crippen LogP contribution in [0.15, 0.2) is 0 Å². The van der Waals surface area contributed by atoms with Crippen molar-refractivity contribution < 1.29 is 19.2 Å². The summed E-state index contributed by atoms with van der Waals surface area (Å²) in [4.78, 5) is 12.5. The zero-order chi connectivity index (χ0) is 13.3. The van der Waals surface area contributed by atoms with Gasteiger partial charge >= 0.3 is 13.2 Å². The molecule has 0 radical (unpaired) electrons. The van der Waals surface area contributed by atoms with Gasteiger partial charge in [-0.1, -0.05) is 0 Å². The lowest BCUT2D eigenvalue weighted by Crippen LogP contribution is -2.41. The summed E-state index contributed by atoms with van der Waals surface area (Å²) in [6.07, 6.45) is 0.186. The predicted octanol–water partition coefficient (Wildman–Crippen LogP) is 1.83. The van der Waals surface area contributed by atoms with E-state index in [4.69, 9.17) is 14.4 Å². The number of rotatable bonds is 1. The monoisotopic (exact) mass is 253 g/mol. The van der Waals surface area contributed by atoms with Crippen molar-refractivity contribution in [1.29, 1.82) is 0 Å². The number of hydrogen-bond acceptors (Lipinski definition) is 3. The lowest BCUT2D eigenvalue weighted by atomic mass is 9.67. The average molecular weight is 253 g/mol. The number of carboxylic acid groups (broad SMARTS) is 1. The Bertz CT molecular complexity index is 395. The van der Waals surface area contributed by atoms with E-state index in [0.717, 1.165) is 6.42 Å². The normalized spacial score (nSPS) is 39.9. The number of carbonyl (C=O) groups is 1. The van der Waals surface area contributed by atoms with Crippen molar-refractivity contribution in [1.82, 2.24) is 4.90 Å².